The van der Waals surface area contributed by atoms with Crippen molar-refractivity contribution in [3.63, 3.8) is 0 Å². The number of para-hydroxylation sites is 2. The van der Waals surface area contributed by atoms with Crippen LogP contribution in [0.5, 0.6) is 0 Å². The molecule has 194 valence electrons. The van der Waals surface area contributed by atoms with Crippen LogP contribution < -0.4 is 0 Å². The van der Waals surface area contributed by atoms with Crippen molar-refractivity contribution in [3.05, 3.63) is 139 Å². The van der Waals surface area contributed by atoms with Crippen molar-refractivity contribution >= 4 is 43.7 Å². The van der Waals surface area contributed by atoms with E-state index >= 15 is 0 Å². The summed E-state index contributed by atoms with van der Waals surface area (Å²) in [5.74, 6) is 0. The number of rotatable bonds is 2. The van der Waals surface area contributed by atoms with E-state index in [1.54, 1.807) is 0 Å². The Balaban J connectivity index is 1.36. The van der Waals surface area contributed by atoms with Crippen molar-refractivity contribution in [2.75, 3.05) is 0 Å². The molecule has 8 aromatic rings. The Labute approximate surface area is 237 Å². The molecule has 0 atom stereocenters. The highest BCUT2D eigenvalue weighted by molar-refractivity contribution is 6.11. The maximum absolute atomic E-state index is 4.86. The van der Waals surface area contributed by atoms with E-state index in [0.29, 0.717) is 0 Å². The van der Waals surface area contributed by atoms with Crippen LogP contribution >= 0.6 is 0 Å². The van der Waals surface area contributed by atoms with Crippen molar-refractivity contribution in [3.8, 4) is 22.5 Å². The van der Waals surface area contributed by atoms with E-state index < -0.39 is 0 Å². The first-order valence-corrected chi connectivity index (χ1v) is 14.2. The molecule has 0 bridgehead atoms. The zero-order valence-electron chi connectivity index (χ0n) is 23.0. The Morgan fingerprint density at radius 1 is 0.537 bits per heavy atom. The lowest BCUT2D eigenvalue weighted by atomic mass is 9.74. The number of hydrogen-bond acceptors (Lipinski definition) is 1. The fourth-order valence-electron chi connectivity index (χ4n) is 7.19. The Kier molecular flexibility index (Phi) is 4.39. The van der Waals surface area contributed by atoms with E-state index in [0.717, 1.165) is 5.65 Å². The molecule has 0 spiro atoms. The van der Waals surface area contributed by atoms with E-state index in [2.05, 4.69) is 138 Å². The van der Waals surface area contributed by atoms with Crippen LogP contribution in [-0.2, 0) is 5.41 Å². The van der Waals surface area contributed by atoms with Crippen LogP contribution in [0.15, 0.2) is 128 Å². The van der Waals surface area contributed by atoms with Gasteiger partial charge in [-0.1, -0.05) is 92.7 Å². The number of hydrogen-bond donors (Lipinski definition) is 0. The first kappa shape index (κ1) is 22.6. The van der Waals surface area contributed by atoms with Gasteiger partial charge in [0, 0.05) is 38.8 Å². The smallest absolute Gasteiger partial charge is 0.145 e. The molecule has 3 heteroatoms. The zero-order valence-corrected chi connectivity index (χ0v) is 23.0. The molecule has 1 aliphatic rings. The van der Waals surface area contributed by atoms with E-state index in [9.17, 15) is 0 Å². The highest BCUT2D eigenvalue weighted by Crippen LogP contribution is 2.48. The van der Waals surface area contributed by atoms with Crippen LogP contribution in [0, 0.1) is 0 Å². The lowest BCUT2D eigenvalue weighted by Crippen LogP contribution is -2.26. The summed E-state index contributed by atoms with van der Waals surface area (Å²) in [5.41, 5.74) is 12.0. The van der Waals surface area contributed by atoms with Crippen LogP contribution in [0.4, 0.5) is 0 Å². The summed E-state index contributed by atoms with van der Waals surface area (Å²) in [6.45, 7) is 4.72. The largest absolute Gasteiger partial charge is 0.309 e. The molecule has 0 radical (unpaired) electrons. The predicted molar refractivity (Wildman–Crippen MR) is 170 cm³/mol. The summed E-state index contributed by atoms with van der Waals surface area (Å²) in [5, 5.41) is 5.01. The molecule has 3 aromatic heterocycles. The minimum absolute atomic E-state index is 0.177. The first-order valence-electron chi connectivity index (χ1n) is 14.2. The van der Waals surface area contributed by atoms with Gasteiger partial charge in [0.25, 0.3) is 0 Å². The number of benzene rings is 5. The van der Waals surface area contributed by atoms with Gasteiger partial charge >= 0.3 is 0 Å². The van der Waals surface area contributed by atoms with Gasteiger partial charge in [0.2, 0.25) is 0 Å². The maximum Gasteiger partial charge on any atom is 0.145 e. The van der Waals surface area contributed by atoms with Crippen molar-refractivity contribution in [1.29, 1.82) is 0 Å². The third kappa shape index (κ3) is 2.95. The first-order chi connectivity index (χ1) is 20.1. The average molecular weight is 526 g/mol. The maximum atomic E-state index is 4.86. The van der Waals surface area contributed by atoms with E-state index in [-0.39, 0.29) is 5.41 Å². The topological polar surface area (TPSA) is 22.8 Å². The van der Waals surface area contributed by atoms with Gasteiger partial charge < -0.3 is 4.57 Å². The Hall–Kier alpha value is -5.15. The van der Waals surface area contributed by atoms with Crippen molar-refractivity contribution in [2.45, 2.75) is 19.3 Å². The summed E-state index contributed by atoms with van der Waals surface area (Å²) in [6.07, 6.45) is 1.90. The van der Waals surface area contributed by atoms with E-state index in [4.69, 9.17) is 4.98 Å². The molecular weight excluding hydrogens is 498 g/mol. The highest BCUT2D eigenvalue weighted by atomic mass is 15.1. The third-order valence-corrected chi connectivity index (χ3v) is 9.16. The predicted octanol–water partition coefficient (Wildman–Crippen LogP) is 9.58. The van der Waals surface area contributed by atoms with Gasteiger partial charge in [0.1, 0.15) is 5.65 Å². The van der Waals surface area contributed by atoms with Gasteiger partial charge in [-0.2, -0.15) is 0 Å². The van der Waals surface area contributed by atoms with Crippen LogP contribution in [0.1, 0.15) is 25.0 Å². The number of aromatic nitrogens is 3. The number of nitrogens with zero attached hydrogens (tertiary/aromatic N) is 3. The van der Waals surface area contributed by atoms with Crippen LogP contribution in [0.3, 0.4) is 0 Å². The summed E-state index contributed by atoms with van der Waals surface area (Å²) in [4.78, 5) is 4.86. The van der Waals surface area contributed by atoms with Crippen LogP contribution in [0.25, 0.3) is 66.2 Å². The van der Waals surface area contributed by atoms with E-state index in [1.807, 2.05) is 12.3 Å². The number of pyridine rings is 1. The quantitative estimate of drug-likeness (QED) is 0.220. The molecular formula is C38H27N3. The van der Waals surface area contributed by atoms with Gasteiger partial charge in [-0.05, 0) is 64.7 Å². The Morgan fingerprint density at radius 3 is 2.22 bits per heavy atom. The average Bonchev–Trinajstić information content (AvgIpc) is 3.53. The molecule has 0 fully saturated rings. The standard InChI is InChI=1S/C38H27N3/c1-38(2)31-15-8-13-29-30-14-9-21-39-37(30)41(36(29)31)34-20-18-26(23-32(34)38)40-33-16-7-6-12-27(33)28-19-17-25(22-35(28)40)24-10-4-3-5-11-24/h3-23H,1-2H3. The highest BCUT2D eigenvalue weighted by Gasteiger charge is 2.35. The van der Waals surface area contributed by atoms with E-state index in [1.165, 1.54) is 71.7 Å². The minimum atomic E-state index is -0.177. The third-order valence-electron chi connectivity index (χ3n) is 9.16. The molecule has 0 saturated carbocycles. The summed E-state index contributed by atoms with van der Waals surface area (Å²) >= 11 is 0. The zero-order chi connectivity index (χ0) is 27.3. The normalized spacial score (nSPS) is 13.8. The summed E-state index contributed by atoms with van der Waals surface area (Å²) in [6, 6.07) is 44.2. The van der Waals surface area contributed by atoms with Gasteiger partial charge in [-0.15, -0.1) is 0 Å². The number of fused-ring (bicyclic) bond motifs is 8. The SMILES string of the molecule is CC1(C)c2cc(-n3c4ccccc4c4ccc(-c5ccccc5)cc43)ccc2-n2c3ncccc3c3cccc1c32. The lowest BCUT2D eigenvalue weighted by Gasteiger charge is -2.35. The molecule has 0 saturated heterocycles. The van der Waals surface area contributed by atoms with Crippen molar-refractivity contribution < 1.29 is 0 Å². The molecule has 1 aliphatic heterocycles. The molecule has 5 aromatic carbocycles. The lowest BCUT2D eigenvalue weighted by molar-refractivity contribution is 0.629. The second-order valence-electron chi connectivity index (χ2n) is 11.7. The molecule has 41 heavy (non-hydrogen) atoms. The van der Waals surface area contributed by atoms with Crippen molar-refractivity contribution in [1.82, 2.24) is 14.1 Å². The van der Waals surface area contributed by atoms with Crippen molar-refractivity contribution in [2.24, 2.45) is 0 Å². The van der Waals surface area contributed by atoms with Crippen LogP contribution in [-0.4, -0.2) is 14.1 Å². The second kappa shape index (κ2) is 7.96. The fourth-order valence-corrected chi connectivity index (χ4v) is 7.19. The van der Waals surface area contributed by atoms with Gasteiger partial charge in [0.15, 0.2) is 0 Å². The molecule has 0 unspecified atom stereocenters. The fraction of sp³-hybridized carbons (Fsp3) is 0.0789. The summed E-state index contributed by atoms with van der Waals surface area (Å²) in [7, 11) is 0. The summed E-state index contributed by atoms with van der Waals surface area (Å²) < 4.78 is 4.82. The minimum Gasteiger partial charge on any atom is -0.309 e. The van der Waals surface area contributed by atoms with Gasteiger partial charge in [-0.25, -0.2) is 4.98 Å². The second-order valence-corrected chi connectivity index (χ2v) is 11.7. The van der Waals surface area contributed by atoms with Gasteiger partial charge in [-0.3, -0.25) is 4.57 Å². The Bertz CT molecular complexity index is 2330. The molecule has 0 aliphatic carbocycles. The molecule has 0 N–H and O–H groups in total. The molecule has 3 nitrogen and oxygen atoms in total. The van der Waals surface area contributed by atoms with Gasteiger partial charge in [0.05, 0.1) is 22.2 Å². The molecule has 0 amide bonds. The Morgan fingerprint density at radius 2 is 1.32 bits per heavy atom. The molecule has 9 rings (SSSR count). The molecule has 4 heterocycles. The van der Waals surface area contributed by atoms with Crippen LogP contribution in [0.2, 0.25) is 0 Å². The monoisotopic (exact) mass is 525 g/mol.